The monoisotopic (exact) mass is 426 g/mol. The Bertz CT molecular complexity index is 844. The molecule has 0 bridgehead atoms. The molecule has 25 heavy (non-hydrogen) atoms. The van der Waals surface area contributed by atoms with Gasteiger partial charge in [-0.2, -0.15) is 13.2 Å². The van der Waals surface area contributed by atoms with E-state index in [0.29, 0.717) is 13.1 Å². The molecule has 0 aliphatic heterocycles. The van der Waals surface area contributed by atoms with Gasteiger partial charge in [0.15, 0.2) is 0 Å². The molecule has 2 nitrogen and oxygen atoms in total. The molecule has 3 aromatic rings. The van der Waals surface area contributed by atoms with Crippen LogP contribution in [0.3, 0.4) is 0 Å². The average Bonchev–Trinajstić information content (AvgIpc) is 3.03. The molecule has 1 heterocycles. The fourth-order valence-corrected chi connectivity index (χ4v) is 3.58. The van der Waals surface area contributed by atoms with Crippen molar-refractivity contribution in [2.75, 3.05) is 0 Å². The highest BCUT2D eigenvalue weighted by molar-refractivity contribution is 9.10. The van der Waals surface area contributed by atoms with E-state index in [1.807, 2.05) is 30.5 Å². The number of hydrogen-bond donors (Lipinski definition) is 1. The van der Waals surface area contributed by atoms with E-state index in [-0.39, 0.29) is 0 Å². The van der Waals surface area contributed by atoms with Crippen molar-refractivity contribution in [3.05, 3.63) is 75.3 Å². The van der Waals surface area contributed by atoms with Crippen LogP contribution in [0.15, 0.2) is 59.2 Å². The standard InChI is InChI=1S/C18H14BrF3N2S/c19-15-3-1-2-13(8-15)16-10-24-17(25-16)11-23-9-12-4-6-14(7-5-12)18(20,21)22/h1-8,10,23H,9,11H2. The average molecular weight is 427 g/mol. The van der Waals surface area contributed by atoms with Crippen molar-refractivity contribution in [2.45, 2.75) is 19.3 Å². The van der Waals surface area contributed by atoms with Crippen molar-refractivity contribution in [1.29, 1.82) is 0 Å². The Morgan fingerprint density at radius 3 is 2.48 bits per heavy atom. The van der Waals surface area contributed by atoms with Gasteiger partial charge >= 0.3 is 6.18 Å². The van der Waals surface area contributed by atoms with Crippen LogP contribution < -0.4 is 5.32 Å². The van der Waals surface area contributed by atoms with Crippen LogP contribution in [0.25, 0.3) is 10.4 Å². The minimum atomic E-state index is -4.30. The first-order valence-corrected chi connectivity index (χ1v) is 9.10. The minimum absolute atomic E-state index is 0.490. The molecule has 0 aliphatic carbocycles. The van der Waals surface area contributed by atoms with Crippen molar-refractivity contribution in [1.82, 2.24) is 10.3 Å². The first-order valence-electron chi connectivity index (χ1n) is 7.49. The van der Waals surface area contributed by atoms with Crippen LogP contribution in [0.4, 0.5) is 13.2 Å². The molecule has 3 rings (SSSR count). The molecular weight excluding hydrogens is 413 g/mol. The van der Waals surface area contributed by atoms with Crippen molar-refractivity contribution in [2.24, 2.45) is 0 Å². The number of halogens is 4. The summed E-state index contributed by atoms with van der Waals surface area (Å²) in [6.07, 6.45) is -2.46. The van der Waals surface area contributed by atoms with Gasteiger partial charge in [-0.15, -0.1) is 11.3 Å². The van der Waals surface area contributed by atoms with Gasteiger partial charge in [-0.1, -0.05) is 40.2 Å². The zero-order valence-electron chi connectivity index (χ0n) is 13.0. The number of aromatic nitrogens is 1. The first-order chi connectivity index (χ1) is 11.9. The van der Waals surface area contributed by atoms with Crippen LogP contribution in [0.1, 0.15) is 16.1 Å². The number of nitrogens with one attached hydrogen (secondary N) is 1. The smallest absolute Gasteiger partial charge is 0.306 e. The number of nitrogens with zero attached hydrogens (tertiary/aromatic N) is 1. The predicted octanol–water partition coefficient (Wildman–Crippen LogP) is 5.88. The quantitative estimate of drug-likeness (QED) is 0.550. The topological polar surface area (TPSA) is 24.9 Å². The summed E-state index contributed by atoms with van der Waals surface area (Å²) in [5, 5.41) is 4.14. The number of rotatable bonds is 5. The number of benzene rings is 2. The Labute approximate surface area is 155 Å². The van der Waals surface area contributed by atoms with Gasteiger partial charge in [0.25, 0.3) is 0 Å². The lowest BCUT2D eigenvalue weighted by Crippen LogP contribution is -2.12. The fraction of sp³-hybridized carbons (Fsp3) is 0.167. The van der Waals surface area contributed by atoms with E-state index in [4.69, 9.17) is 0 Å². The van der Waals surface area contributed by atoms with Crippen molar-refractivity contribution >= 4 is 27.3 Å². The summed E-state index contributed by atoms with van der Waals surface area (Å²) in [6, 6.07) is 13.2. The van der Waals surface area contributed by atoms with Gasteiger partial charge in [-0.05, 0) is 35.4 Å². The zero-order valence-corrected chi connectivity index (χ0v) is 15.4. The molecule has 0 spiro atoms. The van der Waals surface area contributed by atoms with Crippen molar-refractivity contribution in [3.8, 4) is 10.4 Å². The molecule has 0 atom stereocenters. The van der Waals surface area contributed by atoms with Crippen LogP contribution in [-0.4, -0.2) is 4.98 Å². The van der Waals surface area contributed by atoms with E-state index in [0.717, 1.165) is 37.6 Å². The number of hydrogen-bond acceptors (Lipinski definition) is 3. The van der Waals surface area contributed by atoms with Crippen LogP contribution in [0.2, 0.25) is 0 Å². The van der Waals surface area contributed by atoms with E-state index in [2.05, 4.69) is 26.2 Å². The summed E-state index contributed by atoms with van der Waals surface area (Å²) in [5.41, 5.74) is 1.27. The second kappa shape index (κ2) is 7.68. The minimum Gasteiger partial charge on any atom is -0.306 e. The Morgan fingerprint density at radius 1 is 1.04 bits per heavy atom. The third kappa shape index (κ3) is 4.90. The zero-order chi connectivity index (χ0) is 17.9. The Kier molecular flexibility index (Phi) is 5.56. The van der Waals surface area contributed by atoms with Gasteiger partial charge in [-0.3, -0.25) is 0 Å². The molecule has 0 saturated carbocycles. The second-order valence-corrected chi connectivity index (χ2v) is 7.46. The second-order valence-electron chi connectivity index (χ2n) is 5.43. The maximum Gasteiger partial charge on any atom is 0.416 e. The molecule has 1 N–H and O–H groups in total. The largest absolute Gasteiger partial charge is 0.416 e. The Morgan fingerprint density at radius 2 is 1.80 bits per heavy atom. The van der Waals surface area contributed by atoms with Crippen molar-refractivity contribution in [3.63, 3.8) is 0 Å². The van der Waals surface area contributed by atoms with Crippen LogP contribution >= 0.6 is 27.3 Å². The van der Waals surface area contributed by atoms with E-state index in [9.17, 15) is 13.2 Å². The lowest BCUT2D eigenvalue weighted by atomic mass is 10.1. The van der Waals surface area contributed by atoms with E-state index >= 15 is 0 Å². The lowest BCUT2D eigenvalue weighted by Gasteiger charge is -2.08. The fourth-order valence-electron chi connectivity index (χ4n) is 2.29. The van der Waals surface area contributed by atoms with E-state index in [1.165, 1.54) is 12.1 Å². The number of alkyl halides is 3. The summed E-state index contributed by atoms with van der Waals surface area (Å²) >= 11 is 5.05. The summed E-state index contributed by atoms with van der Waals surface area (Å²) in [5.74, 6) is 0. The molecule has 0 aliphatic rings. The molecule has 2 aromatic carbocycles. The van der Waals surface area contributed by atoms with Gasteiger partial charge in [0, 0.05) is 23.8 Å². The predicted molar refractivity (Wildman–Crippen MR) is 97.2 cm³/mol. The molecule has 7 heteroatoms. The van der Waals surface area contributed by atoms with Gasteiger partial charge < -0.3 is 5.32 Å². The number of thiazole rings is 1. The van der Waals surface area contributed by atoms with E-state index in [1.54, 1.807) is 11.3 Å². The van der Waals surface area contributed by atoms with Gasteiger partial charge in [0.1, 0.15) is 5.01 Å². The molecule has 0 unspecified atom stereocenters. The van der Waals surface area contributed by atoms with Crippen LogP contribution in [0, 0.1) is 0 Å². The molecule has 0 radical (unpaired) electrons. The summed E-state index contributed by atoms with van der Waals surface area (Å²) in [6.45, 7) is 1.06. The molecule has 0 saturated heterocycles. The molecule has 130 valence electrons. The summed E-state index contributed by atoms with van der Waals surface area (Å²) in [7, 11) is 0. The van der Waals surface area contributed by atoms with Crippen LogP contribution in [-0.2, 0) is 19.3 Å². The van der Waals surface area contributed by atoms with Crippen LogP contribution in [0.5, 0.6) is 0 Å². The molecule has 0 amide bonds. The summed E-state index contributed by atoms with van der Waals surface area (Å²) in [4.78, 5) is 5.47. The highest BCUT2D eigenvalue weighted by Gasteiger charge is 2.29. The van der Waals surface area contributed by atoms with Crippen molar-refractivity contribution < 1.29 is 13.2 Å². The van der Waals surface area contributed by atoms with E-state index < -0.39 is 11.7 Å². The third-order valence-corrected chi connectivity index (χ3v) is 5.09. The normalized spacial score (nSPS) is 11.7. The lowest BCUT2D eigenvalue weighted by molar-refractivity contribution is -0.137. The van der Waals surface area contributed by atoms with Gasteiger partial charge in [0.2, 0.25) is 0 Å². The Hall–Kier alpha value is -1.70. The molecular formula is C18H14BrF3N2S. The molecule has 0 fully saturated rings. The maximum absolute atomic E-state index is 12.5. The maximum atomic E-state index is 12.5. The van der Waals surface area contributed by atoms with Gasteiger partial charge in [-0.25, -0.2) is 4.98 Å². The molecule has 1 aromatic heterocycles. The summed E-state index contributed by atoms with van der Waals surface area (Å²) < 4.78 is 38.6. The first kappa shape index (κ1) is 18.1. The third-order valence-electron chi connectivity index (χ3n) is 3.55. The Balaban J connectivity index is 1.56. The highest BCUT2D eigenvalue weighted by Crippen LogP contribution is 2.29. The SMILES string of the molecule is FC(F)(F)c1ccc(CNCc2ncc(-c3cccc(Br)c3)s2)cc1. The van der Waals surface area contributed by atoms with Gasteiger partial charge in [0.05, 0.1) is 10.4 Å². The highest BCUT2D eigenvalue weighted by atomic mass is 79.9.